The first-order chi connectivity index (χ1) is 12.9. The van der Waals surface area contributed by atoms with Crippen LogP contribution in [-0.4, -0.2) is 36.9 Å². The summed E-state index contributed by atoms with van der Waals surface area (Å²) >= 11 is 7.43. The van der Waals surface area contributed by atoms with Crippen molar-refractivity contribution in [1.29, 1.82) is 0 Å². The quantitative estimate of drug-likeness (QED) is 0.767. The summed E-state index contributed by atoms with van der Waals surface area (Å²) in [4.78, 5) is 28.3. The molecule has 0 spiro atoms. The number of rotatable bonds is 6. The van der Waals surface area contributed by atoms with E-state index in [1.165, 1.54) is 24.5 Å². The monoisotopic (exact) mass is 407 g/mol. The minimum absolute atomic E-state index is 0.305. The van der Waals surface area contributed by atoms with Gasteiger partial charge < -0.3 is 15.8 Å². The largest absolute Gasteiger partial charge is 0.496 e. The Hall–Kier alpha value is -2.09. The van der Waals surface area contributed by atoms with Crippen molar-refractivity contribution in [3.8, 4) is 5.75 Å². The van der Waals surface area contributed by atoms with Crippen LogP contribution in [0.5, 0.6) is 5.75 Å². The maximum Gasteiger partial charge on any atom is 0.260 e. The first-order valence-electron chi connectivity index (χ1n) is 8.76. The van der Waals surface area contributed by atoms with Crippen molar-refractivity contribution in [2.45, 2.75) is 26.3 Å². The first-order valence-corrected chi connectivity index (χ1v) is 9.95. The second kappa shape index (κ2) is 8.29. The third-order valence-electron chi connectivity index (χ3n) is 4.56. The number of nitrogens with two attached hydrogens (primary N) is 1. The number of halogens is 1. The Kier molecular flexibility index (Phi) is 6.04. The fraction of sp³-hybridized carbons (Fsp3) is 0.368. The van der Waals surface area contributed by atoms with Crippen LogP contribution in [-0.2, 0) is 13.0 Å². The first kappa shape index (κ1) is 19.7. The van der Waals surface area contributed by atoms with Crippen LogP contribution in [0.25, 0.3) is 0 Å². The highest BCUT2D eigenvalue weighted by molar-refractivity contribution is 7.17. The standard InChI is InChI=1S/C19H22ClN3O3S/c1-3-7-23-8-6-12-15(10-23)27-19(16(12)17(21)24)22-18(25)13-9-11(20)4-5-14(13)26-2/h4-5,9H,3,6-8,10H2,1-2H3,(H2,21,24)(H,22,25). The van der Waals surface area contributed by atoms with Gasteiger partial charge in [-0.25, -0.2) is 0 Å². The summed E-state index contributed by atoms with van der Waals surface area (Å²) in [7, 11) is 1.49. The third kappa shape index (κ3) is 4.10. The number of primary amides is 1. The Balaban J connectivity index is 1.92. The zero-order valence-corrected chi connectivity index (χ0v) is 16.9. The Labute approximate surface area is 167 Å². The number of nitrogens with one attached hydrogen (secondary N) is 1. The van der Waals surface area contributed by atoms with Gasteiger partial charge in [0.05, 0.1) is 18.2 Å². The summed E-state index contributed by atoms with van der Waals surface area (Å²) in [5.41, 5.74) is 7.30. The van der Waals surface area contributed by atoms with E-state index in [9.17, 15) is 9.59 Å². The number of hydrogen-bond acceptors (Lipinski definition) is 5. The molecular formula is C19H22ClN3O3S. The number of ether oxygens (including phenoxy) is 1. The Morgan fingerprint density at radius 2 is 2.19 bits per heavy atom. The predicted octanol–water partition coefficient (Wildman–Crippen LogP) is 3.53. The zero-order chi connectivity index (χ0) is 19.6. The molecule has 0 aliphatic carbocycles. The normalized spacial score (nSPS) is 13.9. The lowest BCUT2D eigenvalue weighted by Crippen LogP contribution is -2.31. The molecule has 0 saturated heterocycles. The van der Waals surface area contributed by atoms with Gasteiger partial charge in [0.1, 0.15) is 10.8 Å². The number of benzene rings is 1. The molecule has 0 saturated carbocycles. The average Bonchev–Trinajstić information content (AvgIpc) is 2.99. The molecule has 0 unspecified atom stereocenters. The highest BCUT2D eigenvalue weighted by Gasteiger charge is 2.28. The van der Waals surface area contributed by atoms with Gasteiger partial charge in [-0.2, -0.15) is 0 Å². The van der Waals surface area contributed by atoms with E-state index < -0.39 is 5.91 Å². The minimum Gasteiger partial charge on any atom is -0.496 e. The molecule has 1 aliphatic rings. The van der Waals surface area contributed by atoms with Gasteiger partial charge in [-0.3, -0.25) is 14.5 Å². The topological polar surface area (TPSA) is 84.7 Å². The van der Waals surface area contributed by atoms with E-state index in [1.807, 2.05) is 0 Å². The van der Waals surface area contributed by atoms with Crippen molar-refractivity contribution in [2.24, 2.45) is 5.73 Å². The number of carbonyl (C=O) groups excluding carboxylic acids is 2. The summed E-state index contributed by atoms with van der Waals surface area (Å²) in [6, 6.07) is 4.82. The van der Waals surface area contributed by atoms with Crippen molar-refractivity contribution in [3.05, 3.63) is 44.8 Å². The molecule has 6 nitrogen and oxygen atoms in total. The van der Waals surface area contributed by atoms with Crippen molar-refractivity contribution < 1.29 is 14.3 Å². The molecule has 1 aromatic carbocycles. The van der Waals surface area contributed by atoms with E-state index in [0.717, 1.165) is 42.9 Å². The average molecular weight is 408 g/mol. The zero-order valence-electron chi connectivity index (χ0n) is 15.3. The fourth-order valence-electron chi connectivity index (χ4n) is 3.34. The lowest BCUT2D eigenvalue weighted by molar-refractivity contribution is 0.1000. The van der Waals surface area contributed by atoms with E-state index in [-0.39, 0.29) is 5.91 Å². The number of hydrogen-bond donors (Lipinski definition) is 2. The van der Waals surface area contributed by atoms with Gasteiger partial charge in [-0.1, -0.05) is 18.5 Å². The van der Waals surface area contributed by atoms with Crippen LogP contribution in [0.4, 0.5) is 5.00 Å². The lowest BCUT2D eigenvalue weighted by atomic mass is 10.0. The number of fused-ring (bicyclic) bond motifs is 1. The Bertz CT molecular complexity index is 881. The molecule has 8 heteroatoms. The van der Waals surface area contributed by atoms with E-state index in [2.05, 4.69) is 17.1 Å². The van der Waals surface area contributed by atoms with Gasteiger partial charge in [0.25, 0.3) is 11.8 Å². The molecule has 27 heavy (non-hydrogen) atoms. The molecule has 3 rings (SSSR count). The molecule has 0 fully saturated rings. The molecule has 2 heterocycles. The molecule has 3 N–H and O–H groups in total. The summed E-state index contributed by atoms with van der Waals surface area (Å²) in [5.74, 6) is -0.501. The van der Waals surface area contributed by atoms with Gasteiger partial charge in [-0.05, 0) is 43.1 Å². The molecule has 144 valence electrons. The van der Waals surface area contributed by atoms with Gasteiger partial charge in [-0.15, -0.1) is 11.3 Å². The van der Waals surface area contributed by atoms with Crippen LogP contribution in [0, 0.1) is 0 Å². The Morgan fingerprint density at radius 3 is 2.85 bits per heavy atom. The summed E-state index contributed by atoms with van der Waals surface area (Å²) in [6.45, 7) is 4.80. The van der Waals surface area contributed by atoms with E-state index in [4.69, 9.17) is 22.1 Å². The number of amides is 2. The number of nitrogens with zero attached hydrogens (tertiary/aromatic N) is 1. The molecule has 2 amide bonds. The molecule has 0 atom stereocenters. The predicted molar refractivity (Wildman–Crippen MR) is 108 cm³/mol. The van der Waals surface area contributed by atoms with Gasteiger partial charge >= 0.3 is 0 Å². The highest BCUT2D eigenvalue weighted by atomic mass is 35.5. The highest BCUT2D eigenvalue weighted by Crippen LogP contribution is 2.37. The molecular weight excluding hydrogens is 386 g/mol. The summed E-state index contributed by atoms with van der Waals surface area (Å²) < 4.78 is 5.24. The second-order valence-corrected chi connectivity index (χ2v) is 7.94. The summed E-state index contributed by atoms with van der Waals surface area (Å²) in [5, 5.41) is 3.75. The Morgan fingerprint density at radius 1 is 1.41 bits per heavy atom. The van der Waals surface area contributed by atoms with Crippen molar-refractivity contribution in [2.75, 3.05) is 25.5 Å². The van der Waals surface area contributed by atoms with Gasteiger partial charge in [0.15, 0.2) is 0 Å². The van der Waals surface area contributed by atoms with E-state index in [1.54, 1.807) is 12.1 Å². The van der Waals surface area contributed by atoms with Crippen molar-refractivity contribution >= 4 is 39.8 Å². The minimum atomic E-state index is -0.523. The van der Waals surface area contributed by atoms with Crippen LogP contribution in [0.15, 0.2) is 18.2 Å². The molecule has 1 aromatic heterocycles. The molecule has 2 aromatic rings. The van der Waals surface area contributed by atoms with Crippen LogP contribution >= 0.6 is 22.9 Å². The van der Waals surface area contributed by atoms with Crippen molar-refractivity contribution in [1.82, 2.24) is 4.90 Å². The smallest absolute Gasteiger partial charge is 0.260 e. The maximum absolute atomic E-state index is 12.8. The van der Waals surface area contributed by atoms with Gasteiger partial charge in [0, 0.05) is 23.0 Å². The number of thiophene rings is 1. The van der Waals surface area contributed by atoms with E-state index >= 15 is 0 Å². The molecule has 0 radical (unpaired) electrons. The summed E-state index contributed by atoms with van der Waals surface area (Å²) in [6.07, 6.45) is 1.82. The fourth-order valence-corrected chi connectivity index (χ4v) is 4.80. The maximum atomic E-state index is 12.8. The van der Waals surface area contributed by atoms with E-state index in [0.29, 0.717) is 26.9 Å². The second-order valence-electron chi connectivity index (χ2n) is 6.40. The number of anilines is 1. The van der Waals surface area contributed by atoms with Crippen LogP contribution in [0.1, 0.15) is 44.5 Å². The molecule has 0 bridgehead atoms. The number of methoxy groups -OCH3 is 1. The van der Waals surface area contributed by atoms with Crippen LogP contribution in [0.2, 0.25) is 5.02 Å². The lowest BCUT2D eigenvalue weighted by Gasteiger charge is -2.26. The van der Waals surface area contributed by atoms with Crippen LogP contribution < -0.4 is 15.8 Å². The SMILES string of the molecule is CCCN1CCc2c(sc(NC(=O)c3cc(Cl)ccc3OC)c2C(N)=O)C1. The van der Waals surface area contributed by atoms with Gasteiger partial charge in [0.2, 0.25) is 0 Å². The molecule has 1 aliphatic heterocycles. The number of carbonyl (C=O) groups is 2. The van der Waals surface area contributed by atoms with Crippen molar-refractivity contribution in [3.63, 3.8) is 0 Å². The third-order valence-corrected chi connectivity index (χ3v) is 5.92. The van der Waals surface area contributed by atoms with Crippen LogP contribution in [0.3, 0.4) is 0 Å².